The van der Waals surface area contributed by atoms with E-state index < -0.39 is 0 Å². The van der Waals surface area contributed by atoms with Crippen molar-refractivity contribution in [2.75, 3.05) is 11.1 Å². The van der Waals surface area contributed by atoms with Crippen molar-refractivity contribution in [1.29, 1.82) is 0 Å². The molecule has 0 spiro atoms. The summed E-state index contributed by atoms with van der Waals surface area (Å²) >= 11 is 3.37. The Hall–Kier alpha value is -1.55. The highest BCUT2D eigenvalue weighted by Gasteiger charge is 1.99. The molecule has 0 saturated carbocycles. The molecule has 82 valence electrons. The van der Waals surface area contributed by atoms with Gasteiger partial charge in [0.05, 0.1) is 11.4 Å². The summed E-state index contributed by atoms with van der Waals surface area (Å²) in [5.41, 5.74) is 8.68. The van der Waals surface area contributed by atoms with E-state index in [-0.39, 0.29) is 0 Å². The maximum atomic E-state index is 5.88. The van der Waals surface area contributed by atoms with Crippen molar-refractivity contribution in [2.45, 2.75) is 6.54 Å². The lowest BCUT2D eigenvalue weighted by molar-refractivity contribution is 1.11. The zero-order valence-corrected chi connectivity index (χ0v) is 10.2. The smallest absolute Gasteiger partial charge is 0.0577 e. The first kappa shape index (κ1) is 11.0. The Bertz CT molecular complexity index is 471. The van der Waals surface area contributed by atoms with Gasteiger partial charge in [-0.2, -0.15) is 0 Å². The molecular weight excluding hydrogens is 266 g/mol. The SMILES string of the molecule is Nc1cc(Br)ccc1NCc1cccnc1. The molecule has 0 amide bonds. The molecule has 0 aliphatic heterocycles. The van der Waals surface area contributed by atoms with Crippen molar-refractivity contribution in [3.63, 3.8) is 0 Å². The molecule has 2 aromatic rings. The molecule has 0 aliphatic rings. The van der Waals surface area contributed by atoms with Gasteiger partial charge in [0.15, 0.2) is 0 Å². The first-order chi connectivity index (χ1) is 7.75. The Morgan fingerprint density at radius 2 is 2.19 bits per heavy atom. The van der Waals surface area contributed by atoms with E-state index in [1.807, 2.05) is 36.5 Å². The minimum Gasteiger partial charge on any atom is -0.397 e. The number of hydrogen-bond donors (Lipinski definition) is 2. The normalized spacial score (nSPS) is 10.1. The van der Waals surface area contributed by atoms with Crippen LogP contribution in [0.25, 0.3) is 0 Å². The predicted octanol–water partition coefficient (Wildman–Crippen LogP) is 3.04. The van der Waals surface area contributed by atoms with Gasteiger partial charge in [0.2, 0.25) is 0 Å². The molecule has 3 N–H and O–H groups in total. The van der Waals surface area contributed by atoms with Gasteiger partial charge in [-0.15, -0.1) is 0 Å². The molecule has 16 heavy (non-hydrogen) atoms. The molecular formula is C12H12BrN3. The molecule has 4 heteroatoms. The number of rotatable bonds is 3. The van der Waals surface area contributed by atoms with Gasteiger partial charge in [0.1, 0.15) is 0 Å². The molecule has 0 radical (unpaired) electrons. The quantitative estimate of drug-likeness (QED) is 0.848. The van der Waals surface area contributed by atoms with Gasteiger partial charge in [-0.3, -0.25) is 4.98 Å². The van der Waals surface area contributed by atoms with Crippen LogP contribution in [0.1, 0.15) is 5.56 Å². The van der Waals surface area contributed by atoms with Gasteiger partial charge in [-0.25, -0.2) is 0 Å². The van der Waals surface area contributed by atoms with Gasteiger partial charge in [0, 0.05) is 23.4 Å². The third kappa shape index (κ3) is 2.73. The fourth-order valence-corrected chi connectivity index (χ4v) is 1.77. The molecule has 0 fully saturated rings. The monoisotopic (exact) mass is 277 g/mol. The van der Waals surface area contributed by atoms with Crippen molar-refractivity contribution in [2.24, 2.45) is 0 Å². The Morgan fingerprint density at radius 1 is 1.31 bits per heavy atom. The van der Waals surface area contributed by atoms with Crippen LogP contribution in [0.4, 0.5) is 11.4 Å². The lowest BCUT2D eigenvalue weighted by Gasteiger charge is -2.09. The number of benzene rings is 1. The second-order valence-electron chi connectivity index (χ2n) is 3.45. The highest BCUT2D eigenvalue weighted by Crippen LogP contribution is 2.23. The summed E-state index contributed by atoms with van der Waals surface area (Å²) in [6.07, 6.45) is 3.60. The average Bonchev–Trinajstić information content (AvgIpc) is 2.29. The second kappa shape index (κ2) is 4.99. The van der Waals surface area contributed by atoms with Crippen LogP contribution in [0, 0.1) is 0 Å². The number of aromatic nitrogens is 1. The molecule has 1 heterocycles. The summed E-state index contributed by atoms with van der Waals surface area (Å²) < 4.78 is 0.983. The fourth-order valence-electron chi connectivity index (χ4n) is 1.39. The molecule has 1 aromatic carbocycles. The zero-order valence-electron chi connectivity index (χ0n) is 8.65. The predicted molar refractivity (Wildman–Crippen MR) is 70.1 cm³/mol. The minimum atomic E-state index is 0.722. The van der Waals surface area contributed by atoms with Crippen LogP contribution < -0.4 is 11.1 Å². The van der Waals surface area contributed by atoms with Crippen molar-refractivity contribution >= 4 is 27.3 Å². The summed E-state index contributed by atoms with van der Waals surface area (Å²) in [7, 11) is 0. The van der Waals surface area contributed by atoms with Crippen molar-refractivity contribution < 1.29 is 0 Å². The number of pyridine rings is 1. The Balaban J connectivity index is 2.05. The standard InChI is InChI=1S/C12H12BrN3/c13-10-3-4-12(11(14)6-10)16-8-9-2-1-5-15-7-9/h1-7,16H,8,14H2. The van der Waals surface area contributed by atoms with E-state index in [4.69, 9.17) is 5.73 Å². The van der Waals surface area contributed by atoms with E-state index in [2.05, 4.69) is 26.2 Å². The number of halogens is 1. The molecule has 0 bridgehead atoms. The lowest BCUT2D eigenvalue weighted by atomic mass is 10.2. The number of nitrogen functional groups attached to an aromatic ring is 1. The maximum absolute atomic E-state index is 5.88. The van der Waals surface area contributed by atoms with Crippen LogP contribution >= 0.6 is 15.9 Å². The first-order valence-corrected chi connectivity index (χ1v) is 5.73. The number of anilines is 2. The summed E-state index contributed by atoms with van der Waals surface area (Å²) in [5.74, 6) is 0. The van der Waals surface area contributed by atoms with Gasteiger partial charge >= 0.3 is 0 Å². The summed E-state index contributed by atoms with van der Waals surface area (Å²) in [6, 6.07) is 9.74. The second-order valence-corrected chi connectivity index (χ2v) is 4.36. The topological polar surface area (TPSA) is 50.9 Å². The Labute approximate surface area is 103 Å². The van der Waals surface area contributed by atoms with E-state index in [0.29, 0.717) is 0 Å². The van der Waals surface area contributed by atoms with E-state index in [1.54, 1.807) is 6.20 Å². The summed E-state index contributed by atoms with van der Waals surface area (Å²) in [4.78, 5) is 4.05. The molecule has 2 rings (SSSR count). The Morgan fingerprint density at radius 3 is 2.88 bits per heavy atom. The minimum absolute atomic E-state index is 0.722. The van der Waals surface area contributed by atoms with Crippen molar-refractivity contribution in [3.8, 4) is 0 Å². The number of nitrogens with two attached hydrogens (primary N) is 1. The van der Waals surface area contributed by atoms with Crippen molar-refractivity contribution in [3.05, 3.63) is 52.8 Å². The molecule has 0 unspecified atom stereocenters. The highest BCUT2D eigenvalue weighted by molar-refractivity contribution is 9.10. The zero-order chi connectivity index (χ0) is 11.4. The van der Waals surface area contributed by atoms with E-state index >= 15 is 0 Å². The average molecular weight is 278 g/mol. The van der Waals surface area contributed by atoms with Crippen molar-refractivity contribution in [1.82, 2.24) is 4.98 Å². The van der Waals surface area contributed by atoms with Crippen LogP contribution in [0.2, 0.25) is 0 Å². The number of nitrogens with zero attached hydrogens (tertiary/aromatic N) is 1. The van der Waals surface area contributed by atoms with E-state index in [9.17, 15) is 0 Å². The van der Waals surface area contributed by atoms with Crippen LogP contribution in [0.15, 0.2) is 47.2 Å². The molecule has 3 nitrogen and oxygen atoms in total. The number of hydrogen-bond acceptors (Lipinski definition) is 3. The van der Waals surface area contributed by atoms with Crippen LogP contribution in [0.3, 0.4) is 0 Å². The molecule has 0 aliphatic carbocycles. The van der Waals surface area contributed by atoms with Crippen LogP contribution in [0.5, 0.6) is 0 Å². The highest BCUT2D eigenvalue weighted by atomic mass is 79.9. The molecule has 1 aromatic heterocycles. The van der Waals surface area contributed by atoms with Gasteiger partial charge in [-0.05, 0) is 29.8 Å². The molecule has 0 atom stereocenters. The number of nitrogens with one attached hydrogen (secondary N) is 1. The summed E-state index contributed by atoms with van der Waals surface area (Å²) in [6.45, 7) is 0.722. The van der Waals surface area contributed by atoms with Gasteiger partial charge < -0.3 is 11.1 Å². The third-order valence-corrected chi connectivity index (χ3v) is 2.71. The third-order valence-electron chi connectivity index (χ3n) is 2.22. The van der Waals surface area contributed by atoms with Crippen LogP contribution in [-0.2, 0) is 6.54 Å². The van der Waals surface area contributed by atoms with Crippen LogP contribution in [-0.4, -0.2) is 4.98 Å². The van der Waals surface area contributed by atoms with E-state index in [0.717, 1.165) is 28.0 Å². The first-order valence-electron chi connectivity index (χ1n) is 4.93. The fraction of sp³-hybridized carbons (Fsp3) is 0.0833. The Kier molecular flexibility index (Phi) is 3.41. The molecule has 0 saturated heterocycles. The summed E-state index contributed by atoms with van der Waals surface area (Å²) in [5, 5.41) is 3.27. The van der Waals surface area contributed by atoms with Gasteiger partial charge in [-0.1, -0.05) is 22.0 Å². The lowest BCUT2D eigenvalue weighted by Crippen LogP contribution is -2.02. The van der Waals surface area contributed by atoms with Gasteiger partial charge in [0.25, 0.3) is 0 Å². The largest absolute Gasteiger partial charge is 0.397 e. The van der Waals surface area contributed by atoms with E-state index in [1.165, 1.54) is 0 Å². The maximum Gasteiger partial charge on any atom is 0.0577 e.